The minimum absolute atomic E-state index is 0.159. The maximum absolute atomic E-state index is 5.89. The second-order valence-electron chi connectivity index (χ2n) is 4.98. The number of hydrogen-bond acceptors (Lipinski definition) is 4. The van der Waals surface area contributed by atoms with E-state index in [0.29, 0.717) is 12.5 Å². The van der Waals surface area contributed by atoms with Gasteiger partial charge in [-0.15, -0.1) is 11.3 Å². The van der Waals surface area contributed by atoms with E-state index in [9.17, 15) is 0 Å². The lowest BCUT2D eigenvalue weighted by Crippen LogP contribution is -2.22. The SMILES string of the molecule is Cc1nc(CN=C(N)Nc2ccc(OC(C)C)cc2)sc1Br. The van der Waals surface area contributed by atoms with Gasteiger partial charge in [0.25, 0.3) is 0 Å². The zero-order chi connectivity index (χ0) is 16.1. The van der Waals surface area contributed by atoms with Crippen molar-refractivity contribution in [2.45, 2.75) is 33.4 Å². The van der Waals surface area contributed by atoms with E-state index in [1.54, 1.807) is 11.3 Å². The van der Waals surface area contributed by atoms with E-state index < -0.39 is 0 Å². The molecule has 0 unspecified atom stereocenters. The third-order valence-electron chi connectivity index (χ3n) is 2.67. The van der Waals surface area contributed by atoms with Gasteiger partial charge in [-0.3, -0.25) is 0 Å². The molecule has 0 saturated heterocycles. The molecule has 0 amide bonds. The molecular formula is C15H19BrN4OS. The summed E-state index contributed by atoms with van der Waals surface area (Å²) in [5.41, 5.74) is 7.73. The van der Waals surface area contributed by atoms with Crippen molar-refractivity contribution in [1.29, 1.82) is 0 Å². The van der Waals surface area contributed by atoms with Gasteiger partial charge >= 0.3 is 0 Å². The number of aryl methyl sites for hydroxylation is 1. The second kappa shape index (κ2) is 7.60. The van der Waals surface area contributed by atoms with Crippen LogP contribution in [-0.4, -0.2) is 17.0 Å². The van der Waals surface area contributed by atoms with Gasteiger partial charge < -0.3 is 15.8 Å². The fourth-order valence-corrected chi connectivity index (χ4v) is 3.09. The fraction of sp³-hybridized carbons (Fsp3) is 0.333. The van der Waals surface area contributed by atoms with Gasteiger partial charge in [0.2, 0.25) is 0 Å². The summed E-state index contributed by atoms with van der Waals surface area (Å²) in [7, 11) is 0. The van der Waals surface area contributed by atoms with E-state index in [1.165, 1.54) is 0 Å². The number of nitrogens with zero attached hydrogens (tertiary/aromatic N) is 2. The Hall–Kier alpha value is -1.60. The second-order valence-corrected chi connectivity index (χ2v) is 7.39. The first kappa shape index (κ1) is 16.8. The average molecular weight is 383 g/mol. The van der Waals surface area contributed by atoms with Crippen LogP contribution >= 0.6 is 27.3 Å². The van der Waals surface area contributed by atoms with E-state index in [2.05, 4.69) is 31.2 Å². The third-order valence-corrected chi connectivity index (χ3v) is 4.66. The first-order chi connectivity index (χ1) is 10.4. The van der Waals surface area contributed by atoms with Crippen LogP contribution in [0.5, 0.6) is 5.75 Å². The lowest BCUT2D eigenvalue weighted by atomic mass is 10.3. The van der Waals surface area contributed by atoms with Crippen LogP contribution in [0.15, 0.2) is 33.0 Å². The molecule has 0 fully saturated rings. The highest BCUT2D eigenvalue weighted by molar-refractivity contribution is 9.11. The molecule has 0 aliphatic rings. The average Bonchev–Trinajstić information content (AvgIpc) is 2.77. The summed E-state index contributed by atoms with van der Waals surface area (Å²) in [5.74, 6) is 1.20. The highest BCUT2D eigenvalue weighted by Crippen LogP contribution is 2.24. The number of halogens is 1. The van der Waals surface area contributed by atoms with Gasteiger partial charge in [0, 0.05) is 5.69 Å². The first-order valence-electron chi connectivity index (χ1n) is 6.89. The van der Waals surface area contributed by atoms with Gasteiger partial charge in [-0.1, -0.05) is 0 Å². The third kappa shape index (κ3) is 4.99. The predicted octanol–water partition coefficient (Wildman–Crippen LogP) is 3.93. The Labute approximate surface area is 142 Å². The van der Waals surface area contributed by atoms with Crippen LogP contribution in [-0.2, 0) is 6.54 Å². The van der Waals surface area contributed by atoms with Gasteiger partial charge in [0.05, 0.1) is 22.1 Å². The van der Waals surface area contributed by atoms with Gasteiger partial charge in [-0.25, -0.2) is 9.98 Å². The van der Waals surface area contributed by atoms with Crippen molar-refractivity contribution in [3.8, 4) is 5.75 Å². The molecule has 0 spiro atoms. The molecule has 0 bridgehead atoms. The molecule has 0 saturated carbocycles. The van der Waals surface area contributed by atoms with E-state index >= 15 is 0 Å². The van der Waals surface area contributed by atoms with Crippen LogP contribution < -0.4 is 15.8 Å². The van der Waals surface area contributed by atoms with Crippen molar-refractivity contribution < 1.29 is 4.74 Å². The van der Waals surface area contributed by atoms with Crippen molar-refractivity contribution in [3.05, 3.63) is 38.8 Å². The molecule has 7 heteroatoms. The Bertz CT molecular complexity index is 633. The zero-order valence-electron chi connectivity index (χ0n) is 12.8. The van der Waals surface area contributed by atoms with E-state index in [-0.39, 0.29) is 6.10 Å². The highest BCUT2D eigenvalue weighted by Gasteiger charge is 2.04. The summed E-state index contributed by atoms with van der Waals surface area (Å²) in [6.07, 6.45) is 0.159. The smallest absolute Gasteiger partial charge is 0.193 e. The van der Waals surface area contributed by atoms with Crippen LogP contribution in [0.4, 0.5) is 5.69 Å². The topological polar surface area (TPSA) is 72.5 Å². The number of nitrogens with two attached hydrogens (primary N) is 1. The number of ether oxygens (including phenoxy) is 1. The standard InChI is InChI=1S/C15H19BrN4OS/c1-9(2)21-12-6-4-11(5-7-12)20-15(17)18-8-13-19-10(3)14(16)22-13/h4-7,9H,8H2,1-3H3,(H3,17,18,20). The molecule has 0 aliphatic carbocycles. The molecule has 2 aromatic rings. The van der Waals surface area contributed by atoms with E-state index in [1.807, 2.05) is 45.0 Å². The largest absolute Gasteiger partial charge is 0.491 e. The summed E-state index contributed by atoms with van der Waals surface area (Å²) in [6, 6.07) is 7.61. The number of benzene rings is 1. The van der Waals surface area contributed by atoms with Crippen LogP contribution in [0, 0.1) is 6.92 Å². The number of nitrogens with one attached hydrogen (secondary N) is 1. The number of rotatable bonds is 5. The van der Waals surface area contributed by atoms with Gasteiger partial charge in [0.15, 0.2) is 5.96 Å². The number of aromatic nitrogens is 1. The lowest BCUT2D eigenvalue weighted by Gasteiger charge is -2.10. The van der Waals surface area contributed by atoms with Crippen molar-refractivity contribution in [1.82, 2.24) is 4.98 Å². The number of thiazole rings is 1. The normalized spacial score (nSPS) is 11.8. The monoisotopic (exact) mass is 382 g/mol. The number of hydrogen-bond donors (Lipinski definition) is 2. The summed E-state index contributed by atoms with van der Waals surface area (Å²) in [4.78, 5) is 8.69. The fourth-order valence-electron chi connectivity index (χ4n) is 1.73. The zero-order valence-corrected chi connectivity index (χ0v) is 15.2. The predicted molar refractivity (Wildman–Crippen MR) is 95.7 cm³/mol. The van der Waals surface area contributed by atoms with Gasteiger partial charge in [-0.05, 0) is 61.0 Å². The number of aliphatic imine (C=N–C) groups is 1. The van der Waals surface area contributed by atoms with Crippen LogP contribution in [0.3, 0.4) is 0 Å². The number of anilines is 1. The summed E-state index contributed by atoms with van der Waals surface area (Å²) < 4.78 is 6.62. The van der Waals surface area contributed by atoms with Crippen molar-refractivity contribution in [2.24, 2.45) is 10.7 Å². The molecule has 0 radical (unpaired) electrons. The quantitative estimate of drug-likeness (QED) is 0.606. The molecule has 3 N–H and O–H groups in total. The Morgan fingerprint density at radius 2 is 2.09 bits per heavy atom. The first-order valence-corrected chi connectivity index (χ1v) is 8.50. The van der Waals surface area contributed by atoms with Crippen LogP contribution in [0.25, 0.3) is 0 Å². The van der Waals surface area contributed by atoms with E-state index in [0.717, 1.165) is 25.9 Å². The van der Waals surface area contributed by atoms with Gasteiger partial charge in [0.1, 0.15) is 10.8 Å². The van der Waals surface area contributed by atoms with Crippen molar-refractivity contribution >= 4 is 38.9 Å². The molecular weight excluding hydrogens is 364 g/mol. The van der Waals surface area contributed by atoms with Crippen LogP contribution in [0.1, 0.15) is 24.5 Å². The Balaban J connectivity index is 1.93. The minimum atomic E-state index is 0.159. The summed E-state index contributed by atoms with van der Waals surface area (Å²) in [5, 5.41) is 3.98. The van der Waals surface area contributed by atoms with Crippen LogP contribution in [0.2, 0.25) is 0 Å². The van der Waals surface area contributed by atoms with E-state index in [4.69, 9.17) is 10.5 Å². The Morgan fingerprint density at radius 3 is 2.64 bits per heavy atom. The molecule has 5 nitrogen and oxygen atoms in total. The maximum atomic E-state index is 5.89. The molecule has 118 valence electrons. The highest BCUT2D eigenvalue weighted by atomic mass is 79.9. The minimum Gasteiger partial charge on any atom is -0.491 e. The molecule has 2 rings (SSSR count). The summed E-state index contributed by atoms with van der Waals surface area (Å²) in [6.45, 7) is 6.41. The molecule has 1 heterocycles. The van der Waals surface area contributed by atoms with Crippen molar-refractivity contribution in [3.63, 3.8) is 0 Å². The Morgan fingerprint density at radius 1 is 1.41 bits per heavy atom. The molecule has 0 atom stereocenters. The van der Waals surface area contributed by atoms with Crippen molar-refractivity contribution in [2.75, 3.05) is 5.32 Å². The maximum Gasteiger partial charge on any atom is 0.193 e. The summed E-state index contributed by atoms with van der Waals surface area (Å²) >= 11 is 5.02. The number of guanidine groups is 1. The molecule has 22 heavy (non-hydrogen) atoms. The Kier molecular flexibility index (Phi) is 5.79. The lowest BCUT2D eigenvalue weighted by molar-refractivity contribution is 0.242. The van der Waals surface area contributed by atoms with Gasteiger partial charge in [-0.2, -0.15) is 0 Å². The molecule has 0 aliphatic heterocycles. The molecule has 1 aromatic heterocycles. The molecule has 1 aromatic carbocycles.